The summed E-state index contributed by atoms with van der Waals surface area (Å²) in [7, 11) is -3.70. The lowest BCUT2D eigenvalue weighted by atomic mass is 10.1. The number of amides is 2. The maximum atomic E-state index is 12.9. The Morgan fingerprint density at radius 1 is 1.39 bits per heavy atom. The van der Waals surface area contributed by atoms with E-state index < -0.39 is 39.3 Å². The van der Waals surface area contributed by atoms with Crippen LogP contribution < -0.4 is 10.6 Å². The third kappa shape index (κ3) is 4.51. The number of piperidine rings is 1. The van der Waals surface area contributed by atoms with Crippen LogP contribution in [0.25, 0.3) is 0 Å². The molecule has 0 bridgehead atoms. The van der Waals surface area contributed by atoms with E-state index in [1.165, 1.54) is 19.1 Å². The van der Waals surface area contributed by atoms with Crippen LogP contribution >= 0.6 is 0 Å². The van der Waals surface area contributed by atoms with Crippen molar-refractivity contribution in [3.05, 3.63) is 30.1 Å². The minimum absolute atomic E-state index is 0.0334. The Hall–Kier alpha value is -1.96. The van der Waals surface area contributed by atoms with Crippen molar-refractivity contribution in [2.24, 2.45) is 5.92 Å². The van der Waals surface area contributed by atoms with Gasteiger partial charge in [0.15, 0.2) is 9.84 Å². The van der Waals surface area contributed by atoms with E-state index in [0.29, 0.717) is 13.0 Å². The van der Waals surface area contributed by atoms with Gasteiger partial charge in [-0.15, -0.1) is 0 Å². The predicted molar refractivity (Wildman–Crippen MR) is 81.8 cm³/mol. The molecule has 126 valence electrons. The first-order valence-corrected chi connectivity index (χ1v) is 9.01. The third-order valence-corrected chi connectivity index (χ3v) is 5.62. The molecule has 2 amide bonds. The maximum absolute atomic E-state index is 12.9. The number of sulfone groups is 1. The first kappa shape index (κ1) is 17.4. The average Bonchev–Trinajstić information content (AvgIpc) is 2.49. The normalized spacial score (nSPS) is 19.7. The Kier molecular flexibility index (Phi) is 5.35. The van der Waals surface area contributed by atoms with Crippen LogP contribution in [0.5, 0.6) is 0 Å². The number of hydrogen-bond donors (Lipinski definition) is 2. The molecule has 2 N–H and O–H groups in total. The van der Waals surface area contributed by atoms with E-state index >= 15 is 0 Å². The van der Waals surface area contributed by atoms with Gasteiger partial charge in [-0.05, 0) is 37.1 Å². The summed E-state index contributed by atoms with van der Waals surface area (Å²) in [5.41, 5.74) is 0. The fourth-order valence-corrected chi connectivity index (χ4v) is 3.92. The molecule has 0 spiro atoms. The van der Waals surface area contributed by atoms with Gasteiger partial charge in [-0.25, -0.2) is 12.8 Å². The second-order valence-corrected chi connectivity index (χ2v) is 7.67. The van der Waals surface area contributed by atoms with Crippen molar-refractivity contribution in [1.29, 1.82) is 0 Å². The quantitative estimate of drug-likeness (QED) is 0.768. The van der Waals surface area contributed by atoms with Gasteiger partial charge < -0.3 is 10.6 Å². The van der Waals surface area contributed by atoms with Gasteiger partial charge in [-0.1, -0.05) is 6.92 Å². The molecule has 1 saturated heterocycles. The number of carbonyl (C=O) groups excluding carboxylic acids is 2. The molecule has 0 aliphatic carbocycles. The summed E-state index contributed by atoms with van der Waals surface area (Å²) in [6.07, 6.45) is 1.30. The summed E-state index contributed by atoms with van der Waals surface area (Å²) < 4.78 is 37.3. The van der Waals surface area contributed by atoms with E-state index in [1.54, 1.807) is 0 Å². The highest BCUT2D eigenvalue weighted by Gasteiger charge is 2.28. The van der Waals surface area contributed by atoms with Gasteiger partial charge in [0.05, 0.1) is 10.6 Å². The average molecular weight is 342 g/mol. The molecule has 2 rings (SSSR count). The summed E-state index contributed by atoms with van der Waals surface area (Å²) >= 11 is 0. The Morgan fingerprint density at radius 3 is 2.65 bits per heavy atom. The van der Waals surface area contributed by atoms with Crippen molar-refractivity contribution in [2.45, 2.75) is 30.7 Å². The van der Waals surface area contributed by atoms with Crippen molar-refractivity contribution in [2.75, 3.05) is 12.3 Å². The molecule has 0 unspecified atom stereocenters. The van der Waals surface area contributed by atoms with Crippen molar-refractivity contribution < 1.29 is 22.4 Å². The van der Waals surface area contributed by atoms with Crippen LogP contribution in [0.1, 0.15) is 19.8 Å². The van der Waals surface area contributed by atoms with Crippen LogP contribution in [0.4, 0.5) is 4.39 Å². The van der Waals surface area contributed by atoms with E-state index in [0.717, 1.165) is 18.6 Å². The summed E-state index contributed by atoms with van der Waals surface area (Å²) in [6, 6.07) is 3.84. The molecular formula is C15H19FN2O4S. The lowest BCUT2D eigenvalue weighted by Crippen LogP contribution is -2.51. The lowest BCUT2D eigenvalue weighted by Gasteiger charge is -2.24. The monoisotopic (exact) mass is 342 g/mol. The first-order chi connectivity index (χ1) is 10.8. The number of hydrogen-bond acceptors (Lipinski definition) is 4. The fourth-order valence-electron chi connectivity index (χ4n) is 2.37. The maximum Gasteiger partial charge on any atom is 0.242 e. The smallest absolute Gasteiger partial charge is 0.242 e. The number of halogens is 1. The van der Waals surface area contributed by atoms with Crippen molar-refractivity contribution in [3.8, 4) is 0 Å². The zero-order valence-corrected chi connectivity index (χ0v) is 13.5. The Morgan fingerprint density at radius 2 is 2.04 bits per heavy atom. The Labute approximate surface area is 134 Å². The standard InChI is InChI=1S/C15H19FN2O4S/c1-10(14(19)18-13-3-2-8-17-15(13)20)9-23(21,22)12-6-4-11(16)5-7-12/h4-7,10,13H,2-3,8-9H2,1H3,(H,17,20)(H,18,19)/t10-,13+/m0/s1. The van der Waals surface area contributed by atoms with Gasteiger partial charge in [0.2, 0.25) is 11.8 Å². The molecule has 2 atom stereocenters. The molecule has 0 aromatic heterocycles. The number of carbonyl (C=O) groups is 2. The third-order valence-electron chi connectivity index (χ3n) is 3.69. The fraction of sp³-hybridized carbons (Fsp3) is 0.467. The van der Waals surface area contributed by atoms with Gasteiger partial charge >= 0.3 is 0 Å². The molecule has 1 heterocycles. The van der Waals surface area contributed by atoms with Crippen molar-refractivity contribution in [1.82, 2.24) is 10.6 Å². The molecule has 23 heavy (non-hydrogen) atoms. The van der Waals surface area contributed by atoms with E-state index in [4.69, 9.17) is 0 Å². The Bertz CT molecular complexity index is 688. The van der Waals surface area contributed by atoms with Gasteiger partial charge in [-0.3, -0.25) is 9.59 Å². The molecule has 6 nitrogen and oxygen atoms in total. The topological polar surface area (TPSA) is 92.3 Å². The van der Waals surface area contributed by atoms with Gasteiger partial charge in [0, 0.05) is 12.5 Å². The summed E-state index contributed by atoms with van der Waals surface area (Å²) in [4.78, 5) is 23.7. The molecule has 1 aromatic carbocycles. The number of nitrogens with one attached hydrogen (secondary N) is 2. The highest BCUT2D eigenvalue weighted by molar-refractivity contribution is 7.91. The molecule has 1 fully saturated rings. The van der Waals surface area contributed by atoms with E-state index in [-0.39, 0.29) is 10.8 Å². The number of benzene rings is 1. The molecule has 0 saturated carbocycles. The van der Waals surface area contributed by atoms with Crippen LogP contribution in [0, 0.1) is 11.7 Å². The van der Waals surface area contributed by atoms with Crippen LogP contribution in [0.3, 0.4) is 0 Å². The highest BCUT2D eigenvalue weighted by Crippen LogP contribution is 2.15. The van der Waals surface area contributed by atoms with E-state index in [2.05, 4.69) is 10.6 Å². The van der Waals surface area contributed by atoms with Gasteiger partial charge in [-0.2, -0.15) is 0 Å². The second-order valence-electron chi connectivity index (χ2n) is 5.63. The summed E-state index contributed by atoms with van der Waals surface area (Å²) in [6.45, 7) is 2.07. The first-order valence-electron chi connectivity index (χ1n) is 7.36. The molecular weight excluding hydrogens is 323 g/mol. The van der Waals surface area contributed by atoms with Crippen LogP contribution in [-0.2, 0) is 19.4 Å². The summed E-state index contributed by atoms with van der Waals surface area (Å²) in [5, 5.41) is 5.22. The molecule has 8 heteroatoms. The Balaban J connectivity index is 1.99. The van der Waals surface area contributed by atoms with Crippen molar-refractivity contribution >= 4 is 21.7 Å². The zero-order chi connectivity index (χ0) is 17.0. The molecule has 1 aliphatic rings. The lowest BCUT2D eigenvalue weighted by molar-refractivity contribution is -0.131. The molecule has 1 aliphatic heterocycles. The molecule has 0 radical (unpaired) electrons. The zero-order valence-electron chi connectivity index (χ0n) is 12.7. The summed E-state index contributed by atoms with van der Waals surface area (Å²) in [5.74, 6) is -2.49. The van der Waals surface area contributed by atoms with E-state index in [1.807, 2.05) is 0 Å². The van der Waals surface area contributed by atoms with Crippen molar-refractivity contribution in [3.63, 3.8) is 0 Å². The van der Waals surface area contributed by atoms with Crippen LogP contribution in [0.15, 0.2) is 29.2 Å². The minimum atomic E-state index is -3.70. The highest BCUT2D eigenvalue weighted by atomic mass is 32.2. The number of rotatable bonds is 5. The minimum Gasteiger partial charge on any atom is -0.354 e. The predicted octanol–water partition coefficient (Wildman–Crippen LogP) is 0.630. The van der Waals surface area contributed by atoms with E-state index in [9.17, 15) is 22.4 Å². The van der Waals surface area contributed by atoms with Gasteiger partial charge in [0.25, 0.3) is 0 Å². The van der Waals surface area contributed by atoms with Crippen LogP contribution in [0.2, 0.25) is 0 Å². The SMILES string of the molecule is C[C@@H](CS(=O)(=O)c1ccc(F)cc1)C(=O)N[C@@H]1CCCNC1=O. The largest absolute Gasteiger partial charge is 0.354 e. The van der Waals surface area contributed by atoms with Gasteiger partial charge in [0.1, 0.15) is 11.9 Å². The van der Waals surface area contributed by atoms with Crippen LogP contribution in [-0.4, -0.2) is 38.6 Å². The second kappa shape index (κ2) is 7.08. The molecule has 1 aromatic rings.